The van der Waals surface area contributed by atoms with Gasteiger partial charge in [0, 0.05) is 18.9 Å². The van der Waals surface area contributed by atoms with Crippen LogP contribution in [0.1, 0.15) is 41.5 Å². The number of carbonyl (C=O) groups is 2. The third-order valence-corrected chi connectivity index (χ3v) is 1.41. The summed E-state index contributed by atoms with van der Waals surface area (Å²) in [5.74, 6) is 0. The van der Waals surface area contributed by atoms with Crippen molar-refractivity contribution in [2.24, 2.45) is 0 Å². The van der Waals surface area contributed by atoms with Gasteiger partial charge in [-0.15, -0.1) is 0 Å². The molecule has 0 aliphatic heterocycles. The zero-order valence-electron chi connectivity index (χ0n) is 17.2. The molecule has 2 radical (unpaired) electrons. The van der Waals surface area contributed by atoms with Crippen LogP contribution in [-0.4, -0.2) is 66.1 Å². The molecule has 0 unspecified atom stereocenters. The molecule has 0 bridgehead atoms. The number of hydrogen-bond donors (Lipinski definition) is 0. The normalized spacial score (nSPS) is 8.80. The van der Waals surface area contributed by atoms with Gasteiger partial charge in [0.1, 0.15) is 11.2 Å². The SMILES string of the molecule is [C-]#N.[CH2-]N(C)C(=O)OC(C)(C)C.[CH2-]N(C)C(=O)OC(C)(C)C.[Cu+2].[Li+].[Li]. The second-order valence-electron chi connectivity index (χ2n) is 6.36. The molecule has 10 heteroatoms. The molecular formula is C15H28CuLi2N3O4. The topological polar surface area (TPSA) is 82.9 Å². The van der Waals surface area contributed by atoms with Gasteiger partial charge in [-0.2, -0.15) is 0 Å². The minimum Gasteiger partial charge on any atom is -0.512 e. The van der Waals surface area contributed by atoms with Crippen molar-refractivity contribution < 1.29 is 55.0 Å². The smallest absolute Gasteiger partial charge is 0.512 e. The molecule has 0 aromatic rings. The molecule has 0 spiro atoms. The van der Waals surface area contributed by atoms with Gasteiger partial charge in [0.05, 0.1) is 0 Å². The quantitative estimate of drug-likeness (QED) is 0.429. The molecule has 7 nitrogen and oxygen atoms in total. The van der Waals surface area contributed by atoms with Crippen LogP contribution in [0.5, 0.6) is 0 Å². The van der Waals surface area contributed by atoms with E-state index < -0.39 is 23.4 Å². The molecule has 2 amide bonds. The van der Waals surface area contributed by atoms with Gasteiger partial charge >= 0.3 is 48.1 Å². The van der Waals surface area contributed by atoms with E-state index in [9.17, 15) is 9.59 Å². The Morgan fingerprint density at radius 3 is 1.04 bits per heavy atom. The van der Waals surface area contributed by atoms with Gasteiger partial charge in [-0.1, -0.05) is 0 Å². The monoisotopic (exact) mass is 391 g/mol. The molecule has 0 saturated carbocycles. The minimum atomic E-state index is -0.428. The number of hydrogen-bond acceptors (Lipinski definition) is 5. The van der Waals surface area contributed by atoms with Gasteiger partial charge in [-0.05, 0) is 55.6 Å². The molecule has 0 aromatic heterocycles. The molecule has 0 saturated heterocycles. The van der Waals surface area contributed by atoms with Crippen molar-refractivity contribution in [2.75, 3.05) is 14.1 Å². The van der Waals surface area contributed by atoms with Gasteiger partial charge < -0.3 is 31.1 Å². The number of nitrogens with zero attached hydrogens (tertiary/aromatic N) is 3. The molecule has 0 aromatic carbocycles. The maximum atomic E-state index is 10.8. The van der Waals surface area contributed by atoms with Crippen LogP contribution >= 0.6 is 0 Å². The average molecular weight is 392 g/mol. The van der Waals surface area contributed by atoms with Crippen LogP contribution in [-0.2, 0) is 26.5 Å². The second kappa shape index (κ2) is 18.5. The van der Waals surface area contributed by atoms with Crippen molar-refractivity contribution in [3.05, 3.63) is 20.7 Å². The van der Waals surface area contributed by atoms with Crippen molar-refractivity contribution in [3.63, 3.8) is 0 Å². The Morgan fingerprint density at radius 2 is 1.00 bits per heavy atom. The van der Waals surface area contributed by atoms with E-state index in [0.717, 1.165) is 9.80 Å². The molecule has 25 heavy (non-hydrogen) atoms. The maximum Gasteiger partial charge on any atom is 2.00 e. The zero-order valence-corrected chi connectivity index (χ0v) is 18.1. The van der Waals surface area contributed by atoms with Crippen molar-refractivity contribution >= 4 is 31.0 Å². The van der Waals surface area contributed by atoms with E-state index in [-0.39, 0.29) is 54.8 Å². The summed E-state index contributed by atoms with van der Waals surface area (Å²) in [5, 5.41) is 6.25. The first-order chi connectivity index (χ1) is 9.65. The fraction of sp³-hybridized carbons (Fsp3) is 0.667. The Bertz CT molecular complexity index is 334. The van der Waals surface area contributed by atoms with E-state index >= 15 is 0 Å². The number of rotatable bonds is 0. The predicted molar refractivity (Wildman–Crippen MR) is 89.4 cm³/mol. The summed E-state index contributed by atoms with van der Waals surface area (Å²) < 4.78 is 9.85. The molecule has 0 atom stereocenters. The van der Waals surface area contributed by atoms with Crippen molar-refractivity contribution in [2.45, 2.75) is 52.7 Å². The van der Waals surface area contributed by atoms with Gasteiger partial charge in [0.2, 0.25) is 0 Å². The molecule has 0 aliphatic carbocycles. The largest absolute Gasteiger partial charge is 2.00 e. The van der Waals surface area contributed by atoms with Gasteiger partial charge in [0.25, 0.3) is 0 Å². The van der Waals surface area contributed by atoms with Crippen LogP contribution in [0.2, 0.25) is 0 Å². The molecule has 140 valence electrons. The fourth-order valence-electron chi connectivity index (χ4n) is 0.680. The molecule has 0 N–H and O–H groups in total. The van der Waals surface area contributed by atoms with Crippen molar-refractivity contribution in [3.8, 4) is 0 Å². The van der Waals surface area contributed by atoms with Crippen molar-refractivity contribution in [1.29, 1.82) is 5.26 Å². The van der Waals surface area contributed by atoms with Crippen LogP contribution in [0.15, 0.2) is 0 Å². The summed E-state index contributed by atoms with van der Waals surface area (Å²) in [6.07, 6.45) is -0.819. The summed E-state index contributed by atoms with van der Waals surface area (Å²) >= 11 is 0. The van der Waals surface area contributed by atoms with E-state index in [2.05, 4.69) is 14.1 Å². The summed E-state index contributed by atoms with van der Waals surface area (Å²) in [5.41, 5.74) is -0.855. The van der Waals surface area contributed by atoms with E-state index in [1.807, 2.05) is 41.5 Å². The Labute approximate surface area is 188 Å². The van der Waals surface area contributed by atoms with E-state index in [1.54, 1.807) is 14.1 Å². The Hall–Kier alpha value is -0.256. The van der Waals surface area contributed by atoms with E-state index in [4.69, 9.17) is 21.3 Å². The van der Waals surface area contributed by atoms with E-state index in [1.165, 1.54) is 0 Å². The first-order valence-corrected chi connectivity index (χ1v) is 6.42. The Kier molecular flexibility index (Phi) is 29.4. The van der Waals surface area contributed by atoms with Crippen LogP contribution < -0.4 is 18.9 Å². The summed E-state index contributed by atoms with van der Waals surface area (Å²) in [6, 6.07) is 0. The van der Waals surface area contributed by atoms with Crippen LogP contribution in [0.3, 0.4) is 0 Å². The number of ether oxygens (including phenoxy) is 2. The van der Waals surface area contributed by atoms with Gasteiger partial charge in [0.15, 0.2) is 0 Å². The third-order valence-electron chi connectivity index (χ3n) is 1.41. The van der Waals surface area contributed by atoms with Crippen LogP contribution in [0.4, 0.5) is 9.59 Å². The summed E-state index contributed by atoms with van der Waals surface area (Å²) in [7, 11) is 9.86. The maximum absolute atomic E-state index is 10.8. The van der Waals surface area contributed by atoms with Crippen molar-refractivity contribution in [1.82, 2.24) is 9.80 Å². The second-order valence-corrected chi connectivity index (χ2v) is 6.36. The predicted octanol–water partition coefficient (Wildman–Crippen LogP) is 0.00685. The Balaban J connectivity index is -0.0000000591. The first kappa shape index (κ1) is 39.7. The first-order valence-electron chi connectivity index (χ1n) is 6.42. The van der Waals surface area contributed by atoms with Crippen LogP contribution in [0.25, 0.3) is 0 Å². The Morgan fingerprint density at radius 1 is 0.840 bits per heavy atom. The third kappa shape index (κ3) is 35.7. The number of amides is 2. The molecule has 0 aliphatic rings. The number of carbonyl (C=O) groups excluding carboxylic acids is 2. The molecule has 0 fully saturated rings. The molecule has 0 rings (SSSR count). The zero-order chi connectivity index (χ0) is 18.7. The summed E-state index contributed by atoms with van der Waals surface area (Å²) in [4.78, 5) is 23.9. The standard InChI is InChI=1S/2C7H14NO2.CN.Cu.2Li/c2*1-7(2,3)10-6(9)8(4)5;1-2;;;/h2*4H2,1-3,5H3;;;;/q3*-1;+2;;+1. The summed E-state index contributed by atoms with van der Waals surface area (Å²) in [6.45, 7) is 15.6. The minimum absolute atomic E-state index is 0. The van der Waals surface area contributed by atoms with Gasteiger partial charge in [-0.3, -0.25) is 0 Å². The van der Waals surface area contributed by atoms with Gasteiger partial charge in [-0.25, -0.2) is 23.7 Å². The van der Waals surface area contributed by atoms with Crippen LogP contribution in [0, 0.1) is 25.9 Å². The average Bonchev–Trinajstić information content (AvgIpc) is 2.27. The molecular weight excluding hydrogens is 364 g/mol. The molecule has 0 heterocycles. The fourth-order valence-corrected chi connectivity index (χ4v) is 0.680. The van der Waals surface area contributed by atoms with E-state index in [0.29, 0.717) is 0 Å².